The Kier molecular flexibility index (Phi) is 5.16. The lowest BCUT2D eigenvalue weighted by Gasteiger charge is -2.39. The molecule has 0 saturated carbocycles. The summed E-state index contributed by atoms with van der Waals surface area (Å²) in [6.45, 7) is 4.67. The Bertz CT molecular complexity index is 719. The van der Waals surface area contributed by atoms with Gasteiger partial charge in [0.25, 0.3) is 0 Å². The van der Waals surface area contributed by atoms with E-state index in [1.54, 1.807) is 18.2 Å². The van der Waals surface area contributed by atoms with Crippen LogP contribution in [0.3, 0.4) is 0 Å². The van der Waals surface area contributed by atoms with Crippen molar-refractivity contribution in [2.75, 3.05) is 20.2 Å². The molecule has 0 unspecified atom stereocenters. The van der Waals surface area contributed by atoms with Crippen LogP contribution >= 0.6 is 0 Å². The smallest absolute Gasteiger partial charge is 0.161 e. The molecular weight excluding hydrogens is 322 g/mol. The van der Waals surface area contributed by atoms with Gasteiger partial charge in [-0.25, -0.2) is 0 Å². The molecule has 1 aliphatic carbocycles. The van der Waals surface area contributed by atoms with Crippen LogP contribution in [-0.4, -0.2) is 37.2 Å². The van der Waals surface area contributed by atoms with E-state index in [1.807, 2.05) is 24.3 Å². The Balaban J connectivity index is 1.31. The van der Waals surface area contributed by atoms with Gasteiger partial charge >= 0.3 is 0 Å². The summed E-state index contributed by atoms with van der Waals surface area (Å²) in [6.07, 6.45) is 4.92. The third-order valence-corrected chi connectivity index (χ3v) is 5.96. The molecule has 138 valence electrons. The zero-order valence-electron chi connectivity index (χ0n) is 15.9. The van der Waals surface area contributed by atoms with Crippen molar-refractivity contribution < 1.29 is 9.47 Å². The van der Waals surface area contributed by atoms with Crippen molar-refractivity contribution in [3.8, 4) is 11.5 Å². The highest BCUT2D eigenvalue weighted by molar-refractivity contribution is 5.39. The summed E-state index contributed by atoms with van der Waals surface area (Å²) in [5.41, 5.74) is 3.11. The number of fused-ring (bicyclic) bond motifs is 1. The maximum Gasteiger partial charge on any atom is 0.161 e. The standard InChI is InChI=1S/C23H29NO2/c1-17-13-21(26-23-10-6-5-9-22(23)25-2)11-12-24(17)16-18-14-19-7-3-4-8-20(19)15-18/h3-10,17-18,21H,11-16H2,1-2H3/t17-,21+/m0/s1. The van der Waals surface area contributed by atoms with Gasteiger partial charge in [-0.05, 0) is 61.8 Å². The van der Waals surface area contributed by atoms with Crippen LogP contribution in [0.15, 0.2) is 48.5 Å². The Morgan fingerprint density at radius 2 is 1.62 bits per heavy atom. The number of likely N-dealkylation sites (tertiary alicyclic amines) is 1. The van der Waals surface area contributed by atoms with Crippen molar-refractivity contribution >= 4 is 0 Å². The average Bonchev–Trinajstić information content (AvgIpc) is 3.07. The molecule has 2 atom stereocenters. The Morgan fingerprint density at radius 3 is 2.27 bits per heavy atom. The molecule has 2 aromatic rings. The molecule has 1 heterocycles. The summed E-state index contributed by atoms with van der Waals surface area (Å²) in [5, 5.41) is 0. The summed E-state index contributed by atoms with van der Waals surface area (Å²) in [4.78, 5) is 2.67. The zero-order valence-corrected chi connectivity index (χ0v) is 15.9. The minimum absolute atomic E-state index is 0.276. The normalized spacial score (nSPS) is 23.6. The predicted octanol–water partition coefficient (Wildman–Crippen LogP) is 4.34. The number of rotatable bonds is 5. The summed E-state index contributed by atoms with van der Waals surface area (Å²) < 4.78 is 11.7. The largest absolute Gasteiger partial charge is 0.493 e. The summed E-state index contributed by atoms with van der Waals surface area (Å²) in [7, 11) is 1.70. The highest BCUT2D eigenvalue weighted by Gasteiger charge is 2.30. The number of piperidine rings is 1. The molecule has 0 aromatic heterocycles. The molecule has 1 saturated heterocycles. The van der Waals surface area contributed by atoms with E-state index in [1.165, 1.54) is 19.4 Å². The lowest BCUT2D eigenvalue weighted by molar-refractivity contribution is 0.0528. The van der Waals surface area contributed by atoms with E-state index in [4.69, 9.17) is 9.47 Å². The third-order valence-electron chi connectivity index (χ3n) is 5.96. The van der Waals surface area contributed by atoms with Crippen molar-refractivity contribution in [2.45, 2.75) is 44.8 Å². The van der Waals surface area contributed by atoms with Gasteiger partial charge in [0.1, 0.15) is 6.10 Å². The molecule has 3 nitrogen and oxygen atoms in total. The first-order valence-corrected chi connectivity index (χ1v) is 9.83. The predicted molar refractivity (Wildman–Crippen MR) is 105 cm³/mol. The number of nitrogens with zero attached hydrogens (tertiary/aromatic N) is 1. The average molecular weight is 351 g/mol. The van der Waals surface area contributed by atoms with Gasteiger partial charge in [0.2, 0.25) is 0 Å². The van der Waals surface area contributed by atoms with Crippen molar-refractivity contribution in [3.05, 3.63) is 59.7 Å². The van der Waals surface area contributed by atoms with Crippen LogP contribution in [0.1, 0.15) is 30.9 Å². The summed E-state index contributed by atoms with van der Waals surface area (Å²) in [6, 6.07) is 17.5. The van der Waals surface area contributed by atoms with Gasteiger partial charge < -0.3 is 14.4 Å². The fourth-order valence-electron chi connectivity index (χ4n) is 4.56. The van der Waals surface area contributed by atoms with E-state index >= 15 is 0 Å². The number of methoxy groups -OCH3 is 1. The summed E-state index contributed by atoms with van der Waals surface area (Å²) in [5.74, 6) is 2.46. The van der Waals surface area contributed by atoms with Gasteiger partial charge in [0.15, 0.2) is 11.5 Å². The molecule has 4 rings (SSSR count). The van der Waals surface area contributed by atoms with Crippen molar-refractivity contribution in [1.82, 2.24) is 4.90 Å². The van der Waals surface area contributed by atoms with Crippen molar-refractivity contribution in [1.29, 1.82) is 0 Å². The lowest BCUT2D eigenvalue weighted by Crippen LogP contribution is -2.46. The second kappa shape index (κ2) is 7.71. The lowest BCUT2D eigenvalue weighted by atomic mass is 9.97. The van der Waals surface area contributed by atoms with Crippen LogP contribution < -0.4 is 9.47 Å². The van der Waals surface area contributed by atoms with Crippen molar-refractivity contribution in [3.63, 3.8) is 0 Å². The number of para-hydroxylation sites is 2. The van der Waals surface area contributed by atoms with Crippen LogP contribution in [0.4, 0.5) is 0 Å². The molecule has 2 aromatic carbocycles. The van der Waals surface area contributed by atoms with E-state index in [0.717, 1.165) is 36.8 Å². The first kappa shape index (κ1) is 17.4. The monoisotopic (exact) mass is 351 g/mol. The quantitative estimate of drug-likeness (QED) is 0.800. The van der Waals surface area contributed by atoms with Gasteiger partial charge in [0.05, 0.1) is 7.11 Å². The third kappa shape index (κ3) is 3.73. The minimum atomic E-state index is 0.276. The van der Waals surface area contributed by atoms with E-state index in [9.17, 15) is 0 Å². The zero-order chi connectivity index (χ0) is 17.9. The molecule has 0 radical (unpaired) electrons. The number of ether oxygens (including phenoxy) is 2. The topological polar surface area (TPSA) is 21.7 Å². The maximum absolute atomic E-state index is 6.27. The molecule has 0 bridgehead atoms. The van der Waals surface area contributed by atoms with E-state index in [-0.39, 0.29) is 6.10 Å². The van der Waals surface area contributed by atoms with E-state index in [2.05, 4.69) is 36.1 Å². The molecule has 0 N–H and O–H groups in total. The Labute approximate surface area is 156 Å². The number of hydrogen-bond donors (Lipinski definition) is 0. The van der Waals surface area contributed by atoms with Gasteiger partial charge in [0, 0.05) is 19.1 Å². The molecule has 2 aliphatic rings. The van der Waals surface area contributed by atoms with Crippen LogP contribution in [-0.2, 0) is 12.8 Å². The van der Waals surface area contributed by atoms with Crippen LogP contribution in [0, 0.1) is 5.92 Å². The van der Waals surface area contributed by atoms with Gasteiger partial charge in [-0.15, -0.1) is 0 Å². The molecule has 26 heavy (non-hydrogen) atoms. The maximum atomic E-state index is 6.27. The highest BCUT2D eigenvalue weighted by Crippen LogP contribution is 2.32. The second-order valence-electron chi connectivity index (χ2n) is 7.80. The van der Waals surface area contributed by atoms with Crippen LogP contribution in [0.2, 0.25) is 0 Å². The first-order valence-electron chi connectivity index (χ1n) is 9.83. The van der Waals surface area contributed by atoms with Gasteiger partial charge in [-0.1, -0.05) is 36.4 Å². The van der Waals surface area contributed by atoms with E-state index < -0.39 is 0 Å². The minimum Gasteiger partial charge on any atom is -0.493 e. The number of hydrogen-bond acceptors (Lipinski definition) is 3. The SMILES string of the molecule is COc1ccccc1O[C@@H]1CCN(CC2Cc3ccccc3C2)[C@@H](C)C1. The fourth-order valence-corrected chi connectivity index (χ4v) is 4.56. The molecule has 1 fully saturated rings. The Hall–Kier alpha value is -2.00. The van der Waals surface area contributed by atoms with E-state index in [0.29, 0.717) is 6.04 Å². The van der Waals surface area contributed by atoms with Gasteiger partial charge in [-0.2, -0.15) is 0 Å². The molecule has 0 spiro atoms. The summed E-state index contributed by atoms with van der Waals surface area (Å²) >= 11 is 0. The fraction of sp³-hybridized carbons (Fsp3) is 0.478. The molecule has 1 aliphatic heterocycles. The van der Waals surface area contributed by atoms with Crippen molar-refractivity contribution in [2.24, 2.45) is 5.92 Å². The van der Waals surface area contributed by atoms with Gasteiger partial charge in [-0.3, -0.25) is 0 Å². The molecule has 3 heteroatoms. The number of benzene rings is 2. The molecular formula is C23H29NO2. The Morgan fingerprint density at radius 1 is 0.962 bits per heavy atom. The molecule has 0 amide bonds. The first-order chi connectivity index (χ1) is 12.7. The van der Waals surface area contributed by atoms with Crippen LogP contribution in [0.5, 0.6) is 11.5 Å². The highest BCUT2D eigenvalue weighted by atomic mass is 16.5. The van der Waals surface area contributed by atoms with Crippen LogP contribution in [0.25, 0.3) is 0 Å². The second-order valence-corrected chi connectivity index (χ2v) is 7.80.